The van der Waals surface area contributed by atoms with Crippen molar-refractivity contribution < 1.29 is 0 Å². The molecule has 3 heterocycles. The van der Waals surface area contributed by atoms with Crippen LogP contribution in [-0.2, 0) is 19.5 Å². The van der Waals surface area contributed by atoms with Crippen molar-refractivity contribution >= 4 is 16.7 Å². The van der Waals surface area contributed by atoms with Crippen molar-refractivity contribution in [1.29, 1.82) is 0 Å². The van der Waals surface area contributed by atoms with E-state index >= 15 is 0 Å². The van der Waals surface area contributed by atoms with Gasteiger partial charge in [0.15, 0.2) is 5.82 Å². The molecule has 3 nitrogen and oxygen atoms in total. The fourth-order valence-electron chi connectivity index (χ4n) is 3.98. The second-order valence-corrected chi connectivity index (χ2v) is 6.91. The van der Waals surface area contributed by atoms with Gasteiger partial charge in [-0.25, -0.2) is 4.98 Å². The molecule has 2 aromatic heterocycles. The highest BCUT2D eigenvalue weighted by atomic mass is 15.2. The van der Waals surface area contributed by atoms with Gasteiger partial charge in [-0.15, -0.1) is 6.58 Å². The van der Waals surface area contributed by atoms with Crippen LogP contribution in [0.15, 0.2) is 49.2 Å². The third kappa shape index (κ3) is 2.64. The summed E-state index contributed by atoms with van der Waals surface area (Å²) in [6, 6.07) is 10.9. The van der Waals surface area contributed by atoms with E-state index in [0.29, 0.717) is 0 Å². The van der Waals surface area contributed by atoms with Crippen molar-refractivity contribution in [2.24, 2.45) is 0 Å². The quantitative estimate of drug-likeness (QED) is 0.641. The zero-order chi connectivity index (χ0) is 17.4. The van der Waals surface area contributed by atoms with Crippen molar-refractivity contribution in [2.75, 3.05) is 11.4 Å². The van der Waals surface area contributed by atoms with Gasteiger partial charge >= 0.3 is 0 Å². The summed E-state index contributed by atoms with van der Waals surface area (Å²) in [6.07, 6.45) is 6.01. The Morgan fingerprint density at radius 3 is 2.76 bits per heavy atom. The van der Waals surface area contributed by atoms with Crippen molar-refractivity contribution in [1.82, 2.24) is 9.55 Å². The number of hydrogen-bond acceptors (Lipinski definition) is 2. The van der Waals surface area contributed by atoms with Crippen LogP contribution in [0.3, 0.4) is 0 Å². The normalized spacial score (nSPS) is 13.9. The number of pyridine rings is 1. The summed E-state index contributed by atoms with van der Waals surface area (Å²) in [5, 5.41) is 1.32. The molecule has 1 aliphatic rings. The number of benzene rings is 1. The zero-order valence-corrected chi connectivity index (χ0v) is 15.1. The second kappa shape index (κ2) is 6.40. The molecular weight excluding hydrogens is 306 g/mol. The second-order valence-electron chi connectivity index (χ2n) is 6.91. The summed E-state index contributed by atoms with van der Waals surface area (Å²) in [7, 11) is 0. The molecule has 0 bridgehead atoms. The Bertz CT molecular complexity index is 936. The number of rotatable bonds is 4. The molecule has 0 saturated carbocycles. The molecule has 0 saturated heterocycles. The van der Waals surface area contributed by atoms with Crippen LogP contribution in [-0.4, -0.2) is 16.1 Å². The number of hydrogen-bond donors (Lipinski definition) is 0. The molecule has 0 fully saturated rings. The maximum atomic E-state index is 4.81. The van der Waals surface area contributed by atoms with E-state index in [1.54, 1.807) is 0 Å². The molecule has 0 spiro atoms. The van der Waals surface area contributed by atoms with Crippen molar-refractivity contribution in [2.45, 2.75) is 39.8 Å². The van der Waals surface area contributed by atoms with Gasteiger partial charge in [0.2, 0.25) is 0 Å². The topological polar surface area (TPSA) is 21.1 Å². The maximum Gasteiger partial charge on any atom is 0.153 e. The average Bonchev–Trinajstić information content (AvgIpc) is 2.90. The smallest absolute Gasteiger partial charge is 0.153 e. The molecule has 25 heavy (non-hydrogen) atoms. The number of aromatic nitrogens is 2. The SMILES string of the molecule is C=CCCn1c(C)c(C)c2ccnc(N3CCc4ccccc4C3)c21. The van der Waals surface area contributed by atoms with Gasteiger partial charge in [-0.05, 0) is 49.4 Å². The summed E-state index contributed by atoms with van der Waals surface area (Å²) in [5.41, 5.74) is 6.87. The van der Waals surface area contributed by atoms with E-state index in [2.05, 4.69) is 60.2 Å². The largest absolute Gasteiger partial charge is 0.350 e. The number of aryl methyl sites for hydroxylation is 2. The van der Waals surface area contributed by atoms with Crippen molar-refractivity contribution in [3.05, 3.63) is 71.6 Å². The lowest BCUT2D eigenvalue weighted by Gasteiger charge is -2.30. The first-order valence-corrected chi connectivity index (χ1v) is 9.07. The van der Waals surface area contributed by atoms with Gasteiger partial charge in [-0.2, -0.15) is 0 Å². The first-order valence-electron chi connectivity index (χ1n) is 9.07. The van der Waals surface area contributed by atoms with E-state index in [1.807, 2.05) is 12.3 Å². The van der Waals surface area contributed by atoms with Crippen LogP contribution >= 0.6 is 0 Å². The van der Waals surface area contributed by atoms with Crippen LogP contribution in [0.1, 0.15) is 28.8 Å². The Morgan fingerprint density at radius 1 is 1.16 bits per heavy atom. The molecular formula is C22H25N3. The highest BCUT2D eigenvalue weighted by Gasteiger charge is 2.22. The Labute approximate surface area is 149 Å². The third-order valence-corrected chi connectivity index (χ3v) is 5.51. The van der Waals surface area contributed by atoms with Gasteiger partial charge in [-0.3, -0.25) is 0 Å². The van der Waals surface area contributed by atoms with Crippen molar-refractivity contribution in [3.8, 4) is 0 Å². The lowest BCUT2D eigenvalue weighted by molar-refractivity contribution is 0.697. The minimum Gasteiger partial charge on any atom is -0.350 e. The zero-order valence-electron chi connectivity index (χ0n) is 15.1. The molecule has 1 aromatic carbocycles. The molecule has 0 N–H and O–H groups in total. The highest BCUT2D eigenvalue weighted by Crippen LogP contribution is 2.33. The van der Waals surface area contributed by atoms with Gasteiger partial charge in [0.25, 0.3) is 0 Å². The van der Waals surface area contributed by atoms with Gasteiger partial charge in [-0.1, -0.05) is 30.3 Å². The first kappa shape index (κ1) is 15.9. The fraction of sp³-hybridized carbons (Fsp3) is 0.318. The number of nitrogens with zero attached hydrogens (tertiary/aromatic N) is 3. The average molecular weight is 331 g/mol. The van der Waals surface area contributed by atoms with Crippen LogP contribution < -0.4 is 4.90 Å². The summed E-state index contributed by atoms with van der Waals surface area (Å²) in [4.78, 5) is 7.24. The molecule has 0 radical (unpaired) electrons. The van der Waals surface area contributed by atoms with Crippen LogP contribution in [0.5, 0.6) is 0 Å². The molecule has 4 rings (SSSR count). The number of fused-ring (bicyclic) bond motifs is 2. The van der Waals surface area contributed by atoms with E-state index < -0.39 is 0 Å². The van der Waals surface area contributed by atoms with E-state index in [-0.39, 0.29) is 0 Å². The Morgan fingerprint density at radius 2 is 1.96 bits per heavy atom. The van der Waals surface area contributed by atoms with Crippen LogP contribution in [0, 0.1) is 13.8 Å². The lowest BCUT2D eigenvalue weighted by Crippen LogP contribution is -2.31. The first-order chi connectivity index (χ1) is 12.2. The molecule has 3 aromatic rings. The Hall–Kier alpha value is -2.55. The molecule has 0 amide bonds. The Balaban J connectivity index is 1.82. The van der Waals surface area contributed by atoms with Crippen LogP contribution in [0.4, 0.5) is 5.82 Å². The summed E-state index contributed by atoms with van der Waals surface area (Å²) < 4.78 is 2.43. The van der Waals surface area contributed by atoms with Gasteiger partial charge in [0.05, 0.1) is 5.52 Å². The van der Waals surface area contributed by atoms with Gasteiger partial charge in [0.1, 0.15) is 0 Å². The Kier molecular flexibility index (Phi) is 4.08. The molecule has 0 unspecified atom stereocenters. The monoisotopic (exact) mass is 331 g/mol. The minimum atomic E-state index is 0.938. The van der Waals surface area contributed by atoms with Crippen LogP contribution in [0.2, 0.25) is 0 Å². The van der Waals surface area contributed by atoms with Crippen molar-refractivity contribution in [3.63, 3.8) is 0 Å². The standard InChI is InChI=1S/C22H25N3/c1-4-5-13-25-17(3)16(2)20-10-12-23-22(21(20)25)24-14-11-18-8-6-7-9-19(18)15-24/h4,6-10,12H,1,5,11,13-15H2,2-3H3. The van der Waals surface area contributed by atoms with Crippen LogP contribution in [0.25, 0.3) is 10.9 Å². The number of anilines is 1. The maximum absolute atomic E-state index is 4.81. The summed E-state index contributed by atoms with van der Waals surface area (Å²) >= 11 is 0. The summed E-state index contributed by atoms with van der Waals surface area (Å²) in [5.74, 6) is 1.12. The predicted octanol–water partition coefficient (Wildman–Crippen LogP) is 4.79. The molecule has 0 atom stereocenters. The number of allylic oxidation sites excluding steroid dienone is 1. The predicted molar refractivity (Wildman–Crippen MR) is 105 cm³/mol. The van der Waals surface area contributed by atoms with Gasteiger partial charge in [0, 0.05) is 36.9 Å². The molecule has 1 aliphatic heterocycles. The lowest BCUT2D eigenvalue weighted by atomic mass is 10.00. The van der Waals surface area contributed by atoms with E-state index in [9.17, 15) is 0 Å². The minimum absolute atomic E-state index is 0.938. The molecule has 0 aliphatic carbocycles. The third-order valence-electron chi connectivity index (χ3n) is 5.51. The van der Waals surface area contributed by atoms with E-state index in [4.69, 9.17) is 4.98 Å². The molecule has 128 valence electrons. The van der Waals surface area contributed by atoms with Gasteiger partial charge < -0.3 is 9.47 Å². The van der Waals surface area contributed by atoms with E-state index in [1.165, 1.54) is 33.3 Å². The molecule has 3 heteroatoms. The van der Waals surface area contributed by atoms with E-state index in [0.717, 1.165) is 38.3 Å². The summed E-state index contributed by atoms with van der Waals surface area (Å²) in [6.45, 7) is 11.2. The highest BCUT2D eigenvalue weighted by molar-refractivity contribution is 5.93. The fourth-order valence-corrected chi connectivity index (χ4v) is 3.98.